The highest BCUT2D eigenvalue weighted by molar-refractivity contribution is 5.92. The van der Waals surface area contributed by atoms with Crippen molar-refractivity contribution in [1.29, 1.82) is 0 Å². The molecule has 11 rings (SSSR count). The number of benzene rings is 10. The quantitative estimate of drug-likeness (QED) is 0.0751. The molecular formula is C69H44N2O4. The number of phenols is 2. The number of hydrogen-bond acceptors (Lipinski definition) is 6. The van der Waals surface area contributed by atoms with Crippen LogP contribution in [0.4, 0.5) is 11.4 Å². The van der Waals surface area contributed by atoms with Crippen LogP contribution in [0, 0.1) is 47.4 Å². The summed E-state index contributed by atoms with van der Waals surface area (Å²) in [4.78, 5) is 0. The highest BCUT2D eigenvalue weighted by Gasteiger charge is 2.50. The first-order valence-corrected chi connectivity index (χ1v) is 24.2. The largest absolute Gasteiger partial charge is 0.506 e. The van der Waals surface area contributed by atoms with Crippen molar-refractivity contribution in [3.63, 3.8) is 0 Å². The molecule has 1 aliphatic carbocycles. The average molecular weight is 965 g/mol. The first-order valence-electron chi connectivity index (χ1n) is 24.2. The number of ether oxygens (including phenoxy) is 2. The van der Waals surface area contributed by atoms with Crippen LogP contribution in [0.15, 0.2) is 231 Å². The Morgan fingerprint density at radius 1 is 0.320 bits per heavy atom. The molecule has 10 aromatic rings. The monoisotopic (exact) mass is 964 g/mol. The highest BCUT2D eigenvalue weighted by atomic mass is 16.5. The molecule has 10 aromatic carbocycles. The minimum atomic E-state index is -1.16. The predicted molar refractivity (Wildman–Crippen MR) is 299 cm³/mol. The van der Waals surface area contributed by atoms with Gasteiger partial charge in [0.15, 0.2) is 0 Å². The summed E-state index contributed by atoms with van der Waals surface area (Å²) < 4.78 is 12.8. The lowest BCUT2D eigenvalue weighted by Gasteiger charge is -2.36. The number of fused-ring (bicyclic) bond motifs is 3. The molecule has 0 atom stereocenters. The van der Waals surface area contributed by atoms with E-state index < -0.39 is 5.41 Å². The van der Waals surface area contributed by atoms with Crippen LogP contribution in [0.2, 0.25) is 0 Å². The van der Waals surface area contributed by atoms with Crippen LogP contribution in [-0.4, -0.2) is 10.2 Å². The summed E-state index contributed by atoms with van der Waals surface area (Å²) >= 11 is 0. The highest BCUT2D eigenvalue weighted by Crippen LogP contribution is 2.59. The van der Waals surface area contributed by atoms with E-state index in [2.05, 4.69) is 95.9 Å². The lowest BCUT2D eigenvalue weighted by molar-refractivity contribution is 0.466. The van der Waals surface area contributed by atoms with E-state index in [1.165, 1.54) is 12.1 Å². The molecule has 354 valence electrons. The number of nitrogen functional groups attached to an aromatic ring is 2. The summed E-state index contributed by atoms with van der Waals surface area (Å²) in [7, 11) is 0. The Morgan fingerprint density at radius 2 is 0.640 bits per heavy atom. The van der Waals surface area contributed by atoms with Crippen molar-refractivity contribution in [2.24, 2.45) is 0 Å². The summed E-state index contributed by atoms with van der Waals surface area (Å²) in [6, 6.07) is 73.9. The maximum atomic E-state index is 10.2. The zero-order valence-electron chi connectivity index (χ0n) is 40.3. The summed E-state index contributed by atoms with van der Waals surface area (Å²) in [6.07, 6.45) is 0. The topological polar surface area (TPSA) is 111 Å². The molecule has 0 aromatic heterocycles. The molecule has 0 radical (unpaired) electrons. The summed E-state index contributed by atoms with van der Waals surface area (Å²) in [5, 5.41) is 20.4. The van der Waals surface area contributed by atoms with Gasteiger partial charge in [-0.15, -0.1) is 0 Å². The molecule has 0 saturated carbocycles. The van der Waals surface area contributed by atoms with Crippen molar-refractivity contribution < 1.29 is 19.7 Å². The maximum Gasteiger partial charge on any atom is 0.138 e. The van der Waals surface area contributed by atoms with Gasteiger partial charge < -0.3 is 31.2 Å². The Balaban J connectivity index is 1.24. The molecule has 6 nitrogen and oxygen atoms in total. The Bertz CT molecular complexity index is 3770. The Labute approximate surface area is 436 Å². The van der Waals surface area contributed by atoms with Gasteiger partial charge in [0.2, 0.25) is 0 Å². The molecule has 0 saturated heterocycles. The molecule has 1 aliphatic rings. The molecule has 0 spiro atoms. The Hall–Kier alpha value is -10.8. The van der Waals surface area contributed by atoms with E-state index in [1.54, 1.807) is 24.3 Å². The number of phenolic OH excluding ortho intramolecular Hbond substituents is 2. The third kappa shape index (κ3) is 9.59. The normalized spacial score (nSPS) is 11.4. The first-order chi connectivity index (χ1) is 36.8. The fourth-order valence-electron chi connectivity index (χ4n) is 9.41. The number of rotatable bonds is 6. The summed E-state index contributed by atoms with van der Waals surface area (Å²) in [5.41, 5.74) is 23.4. The van der Waals surface area contributed by atoms with Crippen molar-refractivity contribution in [2.75, 3.05) is 11.5 Å². The second-order valence-electron chi connectivity index (χ2n) is 17.7. The van der Waals surface area contributed by atoms with E-state index in [0.717, 1.165) is 77.9 Å². The second kappa shape index (κ2) is 20.5. The van der Waals surface area contributed by atoms with Crippen LogP contribution in [0.25, 0.3) is 11.1 Å². The molecule has 0 heterocycles. The summed E-state index contributed by atoms with van der Waals surface area (Å²) in [6.45, 7) is 0. The molecule has 0 unspecified atom stereocenters. The van der Waals surface area contributed by atoms with E-state index in [-0.39, 0.29) is 22.9 Å². The lowest BCUT2D eigenvalue weighted by Crippen LogP contribution is -2.31. The second-order valence-corrected chi connectivity index (χ2v) is 17.7. The van der Waals surface area contributed by atoms with Gasteiger partial charge in [0.05, 0.1) is 16.8 Å². The van der Waals surface area contributed by atoms with Gasteiger partial charge in [0.1, 0.15) is 34.5 Å². The Morgan fingerprint density at radius 3 is 0.973 bits per heavy atom. The van der Waals surface area contributed by atoms with Crippen LogP contribution in [-0.2, 0) is 5.41 Å². The van der Waals surface area contributed by atoms with Crippen LogP contribution in [0.5, 0.6) is 34.5 Å². The fraction of sp³-hybridized carbons (Fsp3) is 0.0145. The van der Waals surface area contributed by atoms with Gasteiger partial charge in [-0.3, -0.25) is 0 Å². The number of aromatic hydroxyl groups is 2. The van der Waals surface area contributed by atoms with E-state index >= 15 is 0 Å². The van der Waals surface area contributed by atoms with Gasteiger partial charge >= 0.3 is 0 Å². The van der Waals surface area contributed by atoms with E-state index in [4.69, 9.17) is 20.9 Å². The molecule has 0 bridgehead atoms. The molecule has 75 heavy (non-hydrogen) atoms. The Kier molecular flexibility index (Phi) is 12.8. The van der Waals surface area contributed by atoms with E-state index in [0.29, 0.717) is 23.0 Å². The molecule has 0 aliphatic heterocycles. The smallest absolute Gasteiger partial charge is 0.138 e. The van der Waals surface area contributed by atoms with Crippen molar-refractivity contribution in [3.8, 4) is 93.0 Å². The maximum absolute atomic E-state index is 10.2. The van der Waals surface area contributed by atoms with Crippen molar-refractivity contribution in [2.45, 2.75) is 5.41 Å². The van der Waals surface area contributed by atoms with Gasteiger partial charge in [0.25, 0.3) is 0 Å². The SMILES string of the molecule is Nc1cc(Oc2ccc(C3(c4ccc(Oc5ccc(O)c(N)c5)cc4)c4c(ccc(C#Cc5ccccc5)c4C#Cc4ccccc4)-c4ccc(C#Cc5ccccc5)c(C#Cc5ccccc5)c43)cc2)ccc1O. The van der Waals surface area contributed by atoms with Gasteiger partial charge in [-0.1, -0.05) is 157 Å². The average Bonchev–Trinajstić information content (AvgIpc) is 3.90. The molecule has 0 fully saturated rings. The number of nitrogens with two attached hydrogens (primary N) is 2. The molecule has 6 heteroatoms. The van der Waals surface area contributed by atoms with Gasteiger partial charge in [-0.2, -0.15) is 0 Å². The lowest BCUT2D eigenvalue weighted by atomic mass is 9.65. The van der Waals surface area contributed by atoms with Crippen molar-refractivity contribution in [3.05, 3.63) is 297 Å². The molecule has 0 amide bonds. The van der Waals surface area contributed by atoms with E-state index in [9.17, 15) is 10.2 Å². The number of hydrogen-bond donors (Lipinski definition) is 4. The standard InChI is InChI=1S/C69H44N2O4/c70-63-45-57(37-43-65(63)72)74-55-33-29-53(30-34-55)69(54-31-35-56(36-32-54)75-58-38-44-66(73)64(71)46-58)67-59(39-23-49-17-9-3-10-18-49)51(25-21-47-13-5-1-6-14-47)27-41-61(67)62-42-28-52(26-22-48-15-7-2-8-16-48)60(68(62)69)40-24-50-19-11-4-12-20-50/h1-20,27-38,41-46,72-73H,70-71H2. The molecule has 6 N–H and O–H groups in total. The minimum absolute atomic E-state index is 0.0280. The predicted octanol–water partition coefficient (Wildman–Crippen LogP) is 13.8. The fourth-order valence-corrected chi connectivity index (χ4v) is 9.41. The molecular weight excluding hydrogens is 921 g/mol. The van der Waals surface area contributed by atoms with Gasteiger partial charge in [0, 0.05) is 56.6 Å². The van der Waals surface area contributed by atoms with E-state index in [1.807, 2.05) is 146 Å². The van der Waals surface area contributed by atoms with Crippen LogP contribution in [0.3, 0.4) is 0 Å². The van der Waals surface area contributed by atoms with Gasteiger partial charge in [-0.25, -0.2) is 0 Å². The third-order valence-corrected chi connectivity index (χ3v) is 12.9. The van der Waals surface area contributed by atoms with Gasteiger partial charge in [-0.05, 0) is 143 Å². The number of anilines is 2. The zero-order chi connectivity index (χ0) is 51.1. The van der Waals surface area contributed by atoms with Crippen molar-refractivity contribution in [1.82, 2.24) is 0 Å². The zero-order valence-corrected chi connectivity index (χ0v) is 40.3. The third-order valence-electron chi connectivity index (χ3n) is 12.9. The van der Waals surface area contributed by atoms with Crippen LogP contribution in [0.1, 0.15) is 66.8 Å². The first kappa shape index (κ1) is 46.6. The van der Waals surface area contributed by atoms with Crippen LogP contribution >= 0.6 is 0 Å². The summed E-state index contributed by atoms with van der Waals surface area (Å²) in [5.74, 6) is 30.5. The minimum Gasteiger partial charge on any atom is -0.506 e. The van der Waals surface area contributed by atoms with Crippen LogP contribution < -0.4 is 20.9 Å². The van der Waals surface area contributed by atoms with Crippen molar-refractivity contribution >= 4 is 11.4 Å².